The van der Waals surface area contributed by atoms with Crippen LogP contribution in [0.15, 0.2) is 48.8 Å². The monoisotopic (exact) mass is 312 g/mol. The molecule has 0 bridgehead atoms. The molecule has 1 heterocycles. The SMILES string of the molecule is C[C@H](NC(=O)N(CC1CC1)c1ccccc1)[C@@H](C)n1cccn1. The van der Waals surface area contributed by atoms with Crippen molar-refractivity contribution in [2.24, 2.45) is 5.92 Å². The van der Waals surface area contributed by atoms with Gasteiger partial charge in [0, 0.05) is 30.7 Å². The van der Waals surface area contributed by atoms with Gasteiger partial charge in [-0.25, -0.2) is 4.79 Å². The van der Waals surface area contributed by atoms with Crippen LogP contribution in [0.5, 0.6) is 0 Å². The summed E-state index contributed by atoms with van der Waals surface area (Å²) in [5, 5.41) is 7.38. The van der Waals surface area contributed by atoms with Crippen LogP contribution >= 0.6 is 0 Å². The summed E-state index contributed by atoms with van der Waals surface area (Å²) in [5.41, 5.74) is 0.954. The Balaban J connectivity index is 1.68. The Morgan fingerprint density at radius 3 is 2.65 bits per heavy atom. The number of aromatic nitrogens is 2. The lowest BCUT2D eigenvalue weighted by atomic mass is 10.2. The Kier molecular flexibility index (Phi) is 4.65. The summed E-state index contributed by atoms with van der Waals surface area (Å²) in [4.78, 5) is 14.6. The second-order valence-corrected chi connectivity index (χ2v) is 6.35. The van der Waals surface area contributed by atoms with Crippen LogP contribution in [0.3, 0.4) is 0 Å². The van der Waals surface area contributed by atoms with Gasteiger partial charge in [-0.05, 0) is 50.8 Å². The van der Waals surface area contributed by atoms with E-state index in [-0.39, 0.29) is 18.1 Å². The van der Waals surface area contributed by atoms with Crippen molar-refractivity contribution in [2.75, 3.05) is 11.4 Å². The number of nitrogens with one attached hydrogen (secondary N) is 1. The summed E-state index contributed by atoms with van der Waals surface area (Å²) < 4.78 is 1.87. The maximum atomic E-state index is 12.8. The number of nitrogens with zero attached hydrogens (tertiary/aromatic N) is 3. The molecule has 1 aliphatic carbocycles. The van der Waals surface area contributed by atoms with Gasteiger partial charge >= 0.3 is 6.03 Å². The number of para-hydroxylation sites is 1. The van der Waals surface area contributed by atoms with Gasteiger partial charge in [0.1, 0.15) is 0 Å². The van der Waals surface area contributed by atoms with Crippen molar-refractivity contribution >= 4 is 11.7 Å². The first-order valence-electron chi connectivity index (χ1n) is 8.27. The number of hydrogen-bond donors (Lipinski definition) is 1. The van der Waals surface area contributed by atoms with Crippen LogP contribution in [-0.4, -0.2) is 28.4 Å². The minimum atomic E-state index is -0.0328. The molecule has 1 aliphatic rings. The summed E-state index contributed by atoms with van der Waals surface area (Å²) in [6, 6.07) is 11.9. The van der Waals surface area contributed by atoms with Gasteiger partial charge in [0.2, 0.25) is 0 Å². The van der Waals surface area contributed by atoms with E-state index in [0.29, 0.717) is 5.92 Å². The van der Waals surface area contributed by atoms with Crippen molar-refractivity contribution in [3.63, 3.8) is 0 Å². The molecule has 122 valence electrons. The predicted octanol–water partition coefficient (Wildman–Crippen LogP) is 3.46. The average Bonchev–Trinajstić information content (AvgIpc) is 3.22. The molecule has 1 fully saturated rings. The fraction of sp³-hybridized carbons (Fsp3) is 0.444. The zero-order chi connectivity index (χ0) is 16.2. The van der Waals surface area contributed by atoms with Crippen LogP contribution in [0.2, 0.25) is 0 Å². The average molecular weight is 312 g/mol. The number of hydrogen-bond acceptors (Lipinski definition) is 2. The molecule has 2 aromatic rings. The van der Waals surface area contributed by atoms with E-state index in [1.165, 1.54) is 12.8 Å². The molecule has 1 aromatic heterocycles. The highest BCUT2D eigenvalue weighted by Gasteiger charge is 2.29. The Hall–Kier alpha value is -2.30. The summed E-state index contributed by atoms with van der Waals surface area (Å²) in [6.45, 7) is 4.87. The number of amides is 2. The molecular weight excluding hydrogens is 288 g/mol. The van der Waals surface area contributed by atoms with Gasteiger partial charge < -0.3 is 5.32 Å². The maximum Gasteiger partial charge on any atom is 0.322 e. The first kappa shape index (κ1) is 15.6. The predicted molar refractivity (Wildman–Crippen MR) is 91.4 cm³/mol. The normalized spacial score (nSPS) is 16.6. The molecular formula is C18H24N4O. The highest BCUT2D eigenvalue weighted by atomic mass is 16.2. The van der Waals surface area contributed by atoms with Crippen molar-refractivity contribution < 1.29 is 4.79 Å². The molecule has 5 nitrogen and oxygen atoms in total. The van der Waals surface area contributed by atoms with E-state index in [0.717, 1.165) is 12.2 Å². The van der Waals surface area contributed by atoms with Gasteiger partial charge in [0.25, 0.3) is 0 Å². The van der Waals surface area contributed by atoms with Crippen LogP contribution in [0.1, 0.15) is 32.7 Å². The summed E-state index contributed by atoms with van der Waals surface area (Å²) in [6.07, 6.45) is 6.12. The molecule has 0 saturated heterocycles. The number of rotatable bonds is 6. The molecule has 2 atom stereocenters. The third-order valence-corrected chi connectivity index (χ3v) is 4.47. The third-order valence-electron chi connectivity index (χ3n) is 4.47. The quantitative estimate of drug-likeness (QED) is 0.888. The number of anilines is 1. The smallest absolute Gasteiger partial charge is 0.322 e. The van der Waals surface area contributed by atoms with E-state index in [4.69, 9.17) is 0 Å². The first-order valence-corrected chi connectivity index (χ1v) is 8.27. The highest BCUT2D eigenvalue weighted by molar-refractivity contribution is 5.92. The fourth-order valence-electron chi connectivity index (χ4n) is 2.62. The lowest BCUT2D eigenvalue weighted by molar-refractivity contribution is 0.238. The first-order chi connectivity index (χ1) is 11.1. The molecule has 0 radical (unpaired) electrons. The van der Waals surface area contributed by atoms with E-state index in [1.807, 2.05) is 59.1 Å². The van der Waals surface area contributed by atoms with Crippen molar-refractivity contribution in [3.05, 3.63) is 48.8 Å². The number of carbonyl (C=O) groups is 1. The van der Waals surface area contributed by atoms with Crippen LogP contribution in [0.25, 0.3) is 0 Å². The van der Waals surface area contributed by atoms with Crippen molar-refractivity contribution in [1.82, 2.24) is 15.1 Å². The van der Waals surface area contributed by atoms with Gasteiger partial charge in [-0.3, -0.25) is 9.58 Å². The van der Waals surface area contributed by atoms with Gasteiger partial charge in [-0.15, -0.1) is 0 Å². The summed E-state index contributed by atoms with van der Waals surface area (Å²) >= 11 is 0. The largest absolute Gasteiger partial charge is 0.333 e. The summed E-state index contributed by atoms with van der Waals surface area (Å²) in [5.74, 6) is 0.639. The maximum absolute atomic E-state index is 12.8. The number of carbonyl (C=O) groups excluding carboxylic acids is 1. The van der Waals surface area contributed by atoms with E-state index in [2.05, 4.69) is 17.3 Å². The molecule has 0 unspecified atom stereocenters. The Bertz CT molecular complexity index is 622. The van der Waals surface area contributed by atoms with Crippen molar-refractivity contribution in [3.8, 4) is 0 Å². The Morgan fingerprint density at radius 2 is 2.04 bits per heavy atom. The molecule has 2 amide bonds. The molecule has 23 heavy (non-hydrogen) atoms. The molecule has 1 saturated carbocycles. The van der Waals surface area contributed by atoms with Gasteiger partial charge in [-0.2, -0.15) is 5.10 Å². The number of benzene rings is 1. The van der Waals surface area contributed by atoms with Gasteiger partial charge in [0.05, 0.1) is 6.04 Å². The minimum Gasteiger partial charge on any atom is -0.333 e. The fourth-order valence-corrected chi connectivity index (χ4v) is 2.62. The second-order valence-electron chi connectivity index (χ2n) is 6.35. The van der Waals surface area contributed by atoms with Gasteiger partial charge in [0.15, 0.2) is 0 Å². The highest BCUT2D eigenvalue weighted by Crippen LogP contribution is 2.31. The molecule has 1 aromatic carbocycles. The van der Waals surface area contributed by atoms with Crippen LogP contribution in [0, 0.1) is 5.92 Å². The Labute approximate surface area is 137 Å². The molecule has 0 spiro atoms. The van der Waals surface area contributed by atoms with E-state index in [9.17, 15) is 4.79 Å². The number of urea groups is 1. The van der Waals surface area contributed by atoms with Crippen LogP contribution in [0.4, 0.5) is 10.5 Å². The molecule has 5 heteroatoms. The van der Waals surface area contributed by atoms with Crippen molar-refractivity contribution in [1.29, 1.82) is 0 Å². The van der Waals surface area contributed by atoms with Gasteiger partial charge in [-0.1, -0.05) is 18.2 Å². The molecule has 3 rings (SSSR count). The molecule has 1 N–H and O–H groups in total. The Morgan fingerprint density at radius 1 is 1.30 bits per heavy atom. The topological polar surface area (TPSA) is 50.2 Å². The zero-order valence-electron chi connectivity index (χ0n) is 13.7. The minimum absolute atomic E-state index is 0.00665. The van der Waals surface area contributed by atoms with Crippen molar-refractivity contribution in [2.45, 2.75) is 38.8 Å². The molecule has 0 aliphatic heterocycles. The standard InChI is InChI=1S/C18H24N4O/c1-14(15(2)22-12-6-11-19-22)20-18(23)21(13-16-9-10-16)17-7-4-3-5-8-17/h3-8,11-12,14-16H,9-10,13H2,1-2H3,(H,20,23)/t14-,15+/m0/s1. The second kappa shape index (κ2) is 6.86. The zero-order valence-corrected chi connectivity index (χ0v) is 13.7. The van der Waals surface area contributed by atoms with E-state index in [1.54, 1.807) is 6.20 Å². The summed E-state index contributed by atoms with van der Waals surface area (Å²) in [7, 11) is 0. The van der Waals surface area contributed by atoms with Crippen LogP contribution < -0.4 is 10.2 Å². The lowest BCUT2D eigenvalue weighted by Crippen LogP contribution is -2.47. The van der Waals surface area contributed by atoms with E-state index >= 15 is 0 Å². The third kappa shape index (κ3) is 3.92. The lowest BCUT2D eigenvalue weighted by Gasteiger charge is -2.28. The van der Waals surface area contributed by atoms with Crippen LogP contribution in [-0.2, 0) is 0 Å². The van der Waals surface area contributed by atoms with E-state index < -0.39 is 0 Å².